The molecule has 3 N–H and O–H groups in total. The highest BCUT2D eigenvalue weighted by Crippen LogP contribution is 2.04. The van der Waals surface area contributed by atoms with Gasteiger partial charge in [-0.3, -0.25) is 0 Å². The molecule has 96 valence electrons. The van der Waals surface area contributed by atoms with Gasteiger partial charge in [0.1, 0.15) is 5.75 Å². The van der Waals surface area contributed by atoms with Crippen LogP contribution in [0.4, 0.5) is 0 Å². The summed E-state index contributed by atoms with van der Waals surface area (Å²) in [7, 11) is -3.45. The quantitative estimate of drug-likeness (QED) is 0.617. The van der Waals surface area contributed by atoms with Gasteiger partial charge in [-0.25, -0.2) is 13.1 Å². The normalized spacial score (nSPS) is 14.0. The number of hydrogen-bond acceptors (Lipinski definition) is 4. The average Bonchev–Trinajstić information content (AvgIpc) is 2.09. The monoisotopic (exact) mass is 268 g/mol. The number of sulfonamides is 1. The molecule has 0 aliphatic heterocycles. The van der Waals surface area contributed by atoms with Crippen molar-refractivity contribution in [3.8, 4) is 0 Å². The first-order valence-electron chi connectivity index (χ1n) is 5.14. The fraction of sp³-hybridized carbons (Fsp3) is 0.889. The van der Waals surface area contributed by atoms with Crippen LogP contribution in [0.2, 0.25) is 0 Å². The van der Waals surface area contributed by atoms with Gasteiger partial charge in [0.2, 0.25) is 10.0 Å². The molecule has 0 saturated carbocycles. The molecule has 7 heteroatoms. The van der Waals surface area contributed by atoms with Crippen molar-refractivity contribution in [2.75, 3.05) is 19.0 Å². The van der Waals surface area contributed by atoms with E-state index in [4.69, 9.17) is 10.5 Å². The lowest BCUT2D eigenvalue weighted by Gasteiger charge is -2.21. The van der Waals surface area contributed by atoms with Crippen LogP contribution in [-0.2, 0) is 14.8 Å². The van der Waals surface area contributed by atoms with Crippen LogP contribution >= 0.6 is 12.2 Å². The molecular weight excluding hydrogens is 248 g/mol. The molecule has 16 heavy (non-hydrogen) atoms. The highest BCUT2D eigenvalue weighted by molar-refractivity contribution is 7.92. The van der Waals surface area contributed by atoms with E-state index >= 15 is 0 Å². The summed E-state index contributed by atoms with van der Waals surface area (Å²) < 4.78 is 30.9. The second kappa shape index (κ2) is 7.16. The summed E-state index contributed by atoms with van der Waals surface area (Å²) in [6.07, 6.45) is 0. The molecule has 1 unspecified atom stereocenters. The van der Waals surface area contributed by atoms with Crippen molar-refractivity contribution in [2.24, 2.45) is 11.7 Å². The van der Waals surface area contributed by atoms with Crippen LogP contribution in [0.1, 0.15) is 20.8 Å². The van der Waals surface area contributed by atoms with Gasteiger partial charge in [-0.15, -0.1) is 0 Å². The highest BCUT2D eigenvalue weighted by Gasteiger charge is 2.21. The Hall–Kier alpha value is -0.240. The largest absolute Gasteiger partial charge is 0.392 e. The molecule has 0 aromatic heterocycles. The minimum Gasteiger partial charge on any atom is -0.392 e. The van der Waals surface area contributed by atoms with Crippen molar-refractivity contribution in [1.29, 1.82) is 0 Å². The van der Waals surface area contributed by atoms with Crippen molar-refractivity contribution in [3.05, 3.63) is 0 Å². The smallest absolute Gasteiger partial charge is 0.218 e. The lowest BCUT2D eigenvalue weighted by atomic mass is 10.1. The Morgan fingerprint density at radius 3 is 2.44 bits per heavy atom. The molecule has 0 heterocycles. The fourth-order valence-electron chi connectivity index (χ4n) is 1.07. The molecule has 0 rings (SSSR count). The zero-order chi connectivity index (χ0) is 12.8. The summed E-state index contributed by atoms with van der Waals surface area (Å²) in [4.78, 5) is -0.0357. The van der Waals surface area contributed by atoms with Crippen LogP contribution in [0, 0.1) is 5.92 Å². The van der Waals surface area contributed by atoms with E-state index < -0.39 is 10.0 Å². The van der Waals surface area contributed by atoms with E-state index in [1.54, 1.807) is 0 Å². The summed E-state index contributed by atoms with van der Waals surface area (Å²) in [5, 5.41) is 0. The molecule has 0 radical (unpaired) electrons. The minimum absolute atomic E-state index is 0.0357. The Morgan fingerprint density at radius 1 is 1.50 bits per heavy atom. The molecule has 0 aliphatic rings. The van der Waals surface area contributed by atoms with E-state index in [0.29, 0.717) is 13.2 Å². The third kappa shape index (κ3) is 7.10. The van der Waals surface area contributed by atoms with Crippen LogP contribution in [0.25, 0.3) is 0 Å². The summed E-state index contributed by atoms with van der Waals surface area (Å²) in [5.74, 6) is -0.176. The lowest BCUT2D eigenvalue weighted by molar-refractivity contribution is 0.116. The lowest BCUT2D eigenvalue weighted by Crippen LogP contribution is -2.44. The van der Waals surface area contributed by atoms with E-state index in [1.807, 2.05) is 20.8 Å². The van der Waals surface area contributed by atoms with Crippen LogP contribution < -0.4 is 10.5 Å². The molecule has 0 bridgehead atoms. The summed E-state index contributed by atoms with van der Waals surface area (Å²) in [5.41, 5.74) is 5.21. The van der Waals surface area contributed by atoms with Gasteiger partial charge in [0, 0.05) is 12.6 Å². The minimum atomic E-state index is -3.45. The Morgan fingerprint density at radius 2 is 2.06 bits per heavy atom. The van der Waals surface area contributed by atoms with Crippen LogP contribution in [0.15, 0.2) is 0 Å². The van der Waals surface area contributed by atoms with Crippen molar-refractivity contribution in [1.82, 2.24) is 4.72 Å². The van der Waals surface area contributed by atoms with Gasteiger partial charge < -0.3 is 10.5 Å². The molecular formula is C9H20N2O3S2. The van der Waals surface area contributed by atoms with E-state index in [-0.39, 0.29) is 22.7 Å². The number of rotatable bonds is 8. The molecule has 0 saturated heterocycles. The number of ether oxygens (including phenoxy) is 1. The summed E-state index contributed by atoms with van der Waals surface area (Å²) >= 11 is 4.58. The van der Waals surface area contributed by atoms with Crippen molar-refractivity contribution in [2.45, 2.75) is 26.8 Å². The van der Waals surface area contributed by atoms with Gasteiger partial charge >= 0.3 is 0 Å². The van der Waals surface area contributed by atoms with Crippen molar-refractivity contribution >= 4 is 27.2 Å². The first-order chi connectivity index (χ1) is 7.28. The number of nitrogens with two attached hydrogens (primary N) is 1. The molecule has 5 nitrogen and oxygen atoms in total. The summed E-state index contributed by atoms with van der Waals surface area (Å²) in [6, 6.07) is -0.251. The van der Waals surface area contributed by atoms with Crippen molar-refractivity contribution in [3.63, 3.8) is 0 Å². The standard InChI is InChI=1S/C9H20N2O3S2/c1-4-14-5-8(7(2)3)11-16(12,13)6-9(10)15/h7-8,11H,4-6H2,1-3H3,(H2,10,15). The maximum Gasteiger partial charge on any atom is 0.218 e. The first-order valence-corrected chi connectivity index (χ1v) is 7.20. The zero-order valence-corrected chi connectivity index (χ0v) is 11.5. The molecule has 0 spiro atoms. The second-order valence-electron chi connectivity index (χ2n) is 3.85. The van der Waals surface area contributed by atoms with E-state index in [1.165, 1.54) is 0 Å². The van der Waals surface area contributed by atoms with Gasteiger partial charge in [0.25, 0.3) is 0 Å². The third-order valence-corrected chi connectivity index (χ3v) is 3.65. The van der Waals surface area contributed by atoms with Gasteiger partial charge in [-0.2, -0.15) is 0 Å². The van der Waals surface area contributed by atoms with E-state index in [2.05, 4.69) is 16.9 Å². The first kappa shape index (κ1) is 15.8. The Balaban J connectivity index is 4.43. The predicted octanol–water partition coefficient (Wildman–Crippen LogP) is 0.253. The van der Waals surface area contributed by atoms with Gasteiger partial charge in [0.05, 0.1) is 11.6 Å². The SMILES string of the molecule is CCOCC(NS(=O)(=O)CC(N)=S)C(C)C. The fourth-order valence-corrected chi connectivity index (χ4v) is 2.79. The predicted molar refractivity (Wildman–Crippen MR) is 68.8 cm³/mol. The van der Waals surface area contributed by atoms with Gasteiger partial charge in [0.15, 0.2) is 0 Å². The second-order valence-corrected chi connectivity index (χ2v) is 6.13. The van der Waals surface area contributed by atoms with Crippen LogP contribution in [-0.4, -0.2) is 38.4 Å². The number of nitrogens with one attached hydrogen (secondary N) is 1. The molecule has 0 aromatic rings. The third-order valence-electron chi connectivity index (χ3n) is 1.97. The average molecular weight is 268 g/mol. The van der Waals surface area contributed by atoms with E-state index in [0.717, 1.165) is 0 Å². The molecule has 1 atom stereocenters. The van der Waals surface area contributed by atoms with Crippen molar-refractivity contribution < 1.29 is 13.2 Å². The molecule has 0 aromatic carbocycles. The van der Waals surface area contributed by atoms with Crippen LogP contribution in [0.5, 0.6) is 0 Å². The Bertz CT molecular complexity index is 315. The van der Waals surface area contributed by atoms with Gasteiger partial charge in [-0.05, 0) is 12.8 Å². The number of thiocarbonyl (C=S) groups is 1. The highest BCUT2D eigenvalue weighted by atomic mass is 32.2. The number of hydrogen-bond donors (Lipinski definition) is 2. The Labute approximate surface area is 103 Å². The molecule has 0 amide bonds. The summed E-state index contributed by atoms with van der Waals surface area (Å²) in [6.45, 7) is 6.62. The molecule has 0 aliphatic carbocycles. The van der Waals surface area contributed by atoms with Crippen LogP contribution in [0.3, 0.4) is 0 Å². The molecule has 0 fully saturated rings. The maximum atomic E-state index is 11.6. The van der Waals surface area contributed by atoms with E-state index in [9.17, 15) is 8.42 Å². The Kier molecular flexibility index (Phi) is 7.05. The topological polar surface area (TPSA) is 81.4 Å². The maximum absolute atomic E-state index is 11.6. The van der Waals surface area contributed by atoms with Gasteiger partial charge in [-0.1, -0.05) is 26.1 Å². The zero-order valence-electron chi connectivity index (χ0n) is 9.89.